The Bertz CT molecular complexity index is 438. The van der Waals surface area contributed by atoms with Crippen LogP contribution in [0.2, 0.25) is 0 Å². The van der Waals surface area contributed by atoms with Gasteiger partial charge in [-0.2, -0.15) is 0 Å². The maximum atomic E-state index is 8.84. The lowest BCUT2D eigenvalue weighted by Gasteiger charge is -2.17. The number of aliphatic hydroxyl groups is 1. The third kappa shape index (κ3) is 2.94. The van der Waals surface area contributed by atoms with E-state index in [9.17, 15) is 0 Å². The summed E-state index contributed by atoms with van der Waals surface area (Å²) in [5.41, 5.74) is 0. The lowest BCUT2D eigenvalue weighted by atomic mass is 10.2. The van der Waals surface area contributed by atoms with Crippen molar-refractivity contribution < 1.29 is 5.11 Å². The Hall–Kier alpha value is -1.17. The molecule has 0 saturated carbocycles. The van der Waals surface area contributed by atoms with Crippen LogP contribution in [-0.2, 0) is 7.05 Å². The molecule has 0 aromatic carbocycles. The molecule has 0 bridgehead atoms. The van der Waals surface area contributed by atoms with Crippen LogP contribution in [-0.4, -0.2) is 27.8 Å². The molecule has 0 amide bonds. The summed E-state index contributed by atoms with van der Waals surface area (Å²) in [5.74, 6) is 1.00. The topological polar surface area (TPSA) is 50.1 Å². The molecule has 17 heavy (non-hydrogen) atoms. The van der Waals surface area contributed by atoms with Gasteiger partial charge in [-0.05, 0) is 24.4 Å². The quantitative estimate of drug-likeness (QED) is 0.766. The third-order valence-corrected chi connectivity index (χ3v) is 3.56. The van der Waals surface area contributed by atoms with Gasteiger partial charge in [-0.1, -0.05) is 6.07 Å². The number of aromatic nitrogens is 2. The van der Waals surface area contributed by atoms with Crippen LogP contribution < -0.4 is 5.32 Å². The Kier molecular flexibility index (Phi) is 4.30. The van der Waals surface area contributed by atoms with Crippen molar-refractivity contribution in [3.05, 3.63) is 40.6 Å². The van der Waals surface area contributed by atoms with Gasteiger partial charge in [0.15, 0.2) is 0 Å². The zero-order valence-corrected chi connectivity index (χ0v) is 10.7. The van der Waals surface area contributed by atoms with Crippen molar-refractivity contribution in [2.75, 3.05) is 13.2 Å². The van der Waals surface area contributed by atoms with E-state index in [4.69, 9.17) is 5.11 Å². The van der Waals surface area contributed by atoms with E-state index in [1.807, 2.05) is 30.1 Å². The van der Waals surface area contributed by atoms with E-state index in [0.29, 0.717) is 0 Å². The second-order valence-electron chi connectivity index (χ2n) is 3.88. The summed E-state index contributed by atoms with van der Waals surface area (Å²) in [7, 11) is 2.00. The predicted octanol–water partition coefficient (Wildman–Crippen LogP) is 1.54. The molecule has 0 spiro atoms. The highest BCUT2D eigenvalue weighted by Gasteiger charge is 2.18. The maximum Gasteiger partial charge on any atom is 0.131 e. The largest absolute Gasteiger partial charge is 0.396 e. The zero-order valence-electron chi connectivity index (χ0n) is 9.84. The smallest absolute Gasteiger partial charge is 0.131 e. The lowest BCUT2D eigenvalue weighted by molar-refractivity contribution is 0.284. The Morgan fingerprint density at radius 1 is 1.59 bits per heavy atom. The molecule has 92 valence electrons. The first kappa shape index (κ1) is 12.3. The molecule has 0 aliphatic carbocycles. The zero-order chi connectivity index (χ0) is 12.1. The predicted molar refractivity (Wildman–Crippen MR) is 69.1 cm³/mol. The van der Waals surface area contributed by atoms with Crippen molar-refractivity contribution in [1.82, 2.24) is 14.9 Å². The van der Waals surface area contributed by atoms with Gasteiger partial charge >= 0.3 is 0 Å². The minimum Gasteiger partial charge on any atom is -0.396 e. The molecule has 1 atom stereocenters. The van der Waals surface area contributed by atoms with E-state index in [2.05, 4.69) is 21.7 Å². The van der Waals surface area contributed by atoms with Crippen molar-refractivity contribution in [3.63, 3.8) is 0 Å². The maximum absolute atomic E-state index is 8.84. The van der Waals surface area contributed by atoms with Crippen molar-refractivity contribution in [3.8, 4) is 0 Å². The molecular weight excluding hydrogens is 234 g/mol. The molecule has 2 aromatic rings. The second-order valence-corrected chi connectivity index (χ2v) is 4.86. The number of hydrogen-bond acceptors (Lipinski definition) is 4. The minimum atomic E-state index is 0.113. The minimum absolute atomic E-state index is 0.113. The monoisotopic (exact) mass is 251 g/mol. The van der Waals surface area contributed by atoms with Crippen LogP contribution in [0.15, 0.2) is 29.9 Å². The van der Waals surface area contributed by atoms with Crippen molar-refractivity contribution in [1.29, 1.82) is 0 Å². The summed E-state index contributed by atoms with van der Waals surface area (Å²) in [6.07, 6.45) is 4.51. The number of nitrogens with zero attached hydrogens (tertiary/aromatic N) is 2. The molecule has 0 fully saturated rings. The molecule has 0 aliphatic heterocycles. The van der Waals surface area contributed by atoms with Gasteiger partial charge in [0.25, 0.3) is 0 Å². The standard InChI is InChI=1S/C12H17N3OS/c1-15-7-6-14-12(15)11(13-5-3-8-16)10-4-2-9-17-10/h2,4,6-7,9,11,13,16H,3,5,8H2,1H3. The van der Waals surface area contributed by atoms with E-state index >= 15 is 0 Å². The van der Waals surface area contributed by atoms with Gasteiger partial charge in [-0.15, -0.1) is 11.3 Å². The number of hydrogen-bond donors (Lipinski definition) is 2. The average Bonchev–Trinajstić information content (AvgIpc) is 2.96. The summed E-state index contributed by atoms with van der Waals surface area (Å²) in [6.45, 7) is 0.997. The Labute approximate surface area is 105 Å². The van der Waals surface area contributed by atoms with Gasteiger partial charge in [0, 0.05) is 30.9 Å². The molecule has 4 nitrogen and oxygen atoms in total. The molecule has 2 aromatic heterocycles. The summed E-state index contributed by atoms with van der Waals surface area (Å²) in [6, 6.07) is 4.26. The molecule has 5 heteroatoms. The van der Waals surface area contributed by atoms with Gasteiger partial charge in [-0.3, -0.25) is 0 Å². The van der Waals surface area contributed by atoms with Gasteiger partial charge < -0.3 is 15.0 Å². The molecule has 0 radical (unpaired) electrons. The van der Waals surface area contributed by atoms with E-state index in [1.54, 1.807) is 11.3 Å². The third-order valence-electron chi connectivity index (χ3n) is 2.63. The first-order valence-corrected chi connectivity index (χ1v) is 6.55. The van der Waals surface area contributed by atoms with E-state index < -0.39 is 0 Å². The highest BCUT2D eigenvalue weighted by Crippen LogP contribution is 2.24. The number of nitrogens with one attached hydrogen (secondary N) is 1. The Morgan fingerprint density at radius 2 is 2.47 bits per heavy atom. The van der Waals surface area contributed by atoms with Gasteiger partial charge in [0.05, 0.1) is 0 Å². The average molecular weight is 251 g/mol. The second kappa shape index (κ2) is 5.95. The Morgan fingerprint density at radius 3 is 3.06 bits per heavy atom. The van der Waals surface area contributed by atoms with Crippen molar-refractivity contribution in [2.24, 2.45) is 7.05 Å². The SMILES string of the molecule is Cn1ccnc1C(NCCCO)c1cccs1. The molecule has 2 N–H and O–H groups in total. The lowest BCUT2D eigenvalue weighted by Crippen LogP contribution is -2.25. The van der Waals surface area contributed by atoms with Gasteiger partial charge in [0.2, 0.25) is 0 Å². The highest BCUT2D eigenvalue weighted by molar-refractivity contribution is 7.10. The van der Waals surface area contributed by atoms with Crippen LogP contribution in [0.3, 0.4) is 0 Å². The van der Waals surface area contributed by atoms with Gasteiger partial charge in [-0.25, -0.2) is 4.98 Å². The van der Waals surface area contributed by atoms with E-state index in [1.165, 1.54) is 4.88 Å². The van der Waals surface area contributed by atoms with Gasteiger partial charge in [0.1, 0.15) is 11.9 Å². The fourth-order valence-electron chi connectivity index (χ4n) is 1.76. The number of imidazole rings is 1. The molecule has 2 heterocycles. The number of aryl methyl sites for hydroxylation is 1. The van der Waals surface area contributed by atoms with Crippen LogP contribution in [0.5, 0.6) is 0 Å². The van der Waals surface area contributed by atoms with E-state index in [0.717, 1.165) is 18.8 Å². The highest BCUT2D eigenvalue weighted by atomic mass is 32.1. The van der Waals surface area contributed by atoms with Crippen molar-refractivity contribution in [2.45, 2.75) is 12.5 Å². The number of thiophene rings is 1. The Balaban J connectivity index is 2.16. The fraction of sp³-hybridized carbons (Fsp3) is 0.417. The molecule has 2 rings (SSSR count). The normalized spacial score (nSPS) is 12.8. The van der Waals surface area contributed by atoms with E-state index in [-0.39, 0.29) is 12.6 Å². The van der Waals surface area contributed by atoms with Crippen LogP contribution in [0.4, 0.5) is 0 Å². The summed E-state index contributed by atoms with van der Waals surface area (Å²) < 4.78 is 2.02. The first-order chi connectivity index (χ1) is 8.33. The molecule has 0 aliphatic rings. The van der Waals surface area contributed by atoms with Crippen LogP contribution >= 0.6 is 11.3 Å². The number of aliphatic hydroxyl groups excluding tert-OH is 1. The molecule has 1 unspecified atom stereocenters. The summed E-state index contributed by atoms with van der Waals surface area (Å²) in [4.78, 5) is 5.64. The molecular formula is C12H17N3OS. The fourth-order valence-corrected chi connectivity index (χ4v) is 2.55. The summed E-state index contributed by atoms with van der Waals surface area (Å²) >= 11 is 1.72. The number of rotatable bonds is 6. The molecule has 0 saturated heterocycles. The first-order valence-electron chi connectivity index (χ1n) is 5.68. The summed E-state index contributed by atoms with van der Waals surface area (Å²) in [5, 5.41) is 14.3. The van der Waals surface area contributed by atoms with Crippen LogP contribution in [0.1, 0.15) is 23.2 Å². The van der Waals surface area contributed by atoms with Crippen LogP contribution in [0.25, 0.3) is 0 Å². The van der Waals surface area contributed by atoms with Crippen LogP contribution in [0, 0.1) is 0 Å². The van der Waals surface area contributed by atoms with Crippen molar-refractivity contribution >= 4 is 11.3 Å².